The van der Waals surface area contributed by atoms with Gasteiger partial charge in [-0.2, -0.15) is 0 Å². The predicted octanol–water partition coefficient (Wildman–Crippen LogP) is 1.10. The van der Waals surface area contributed by atoms with Crippen LogP contribution in [-0.4, -0.2) is 42.2 Å². The molecule has 7 heteroatoms. The molecule has 5 nitrogen and oxygen atoms in total. The van der Waals surface area contributed by atoms with E-state index in [0.29, 0.717) is 0 Å². The van der Waals surface area contributed by atoms with Crippen molar-refractivity contribution in [2.24, 2.45) is 11.8 Å². The second kappa shape index (κ2) is 5.83. The molecule has 110 valence electrons. The molecular formula is C13H15BrO5S. The van der Waals surface area contributed by atoms with Gasteiger partial charge in [-0.05, 0) is 24.1 Å². The lowest BCUT2D eigenvalue weighted by Gasteiger charge is -2.21. The highest BCUT2D eigenvalue weighted by Gasteiger charge is 2.43. The maximum Gasteiger partial charge on any atom is 0.307 e. The van der Waals surface area contributed by atoms with E-state index >= 15 is 0 Å². The van der Waals surface area contributed by atoms with Gasteiger partial charge in [0, 0.05) is 10.4 Å². The van der Waals surface area contributed by atoms with Crippen molar-refractivity contribution in [1.29, 1.82) is 0 Å². The topological polar surface area (TPSA) is 91.7 Å². The summed E-state index contributed by atoms with van der Waals surface area (Å²) in [5.74, 6) is -3.35. The second-order valence-corrected chi connectivity index (χ2v) is 8.16. The van der Waals surface area contributed by atoms with Gasteiger partial charge in [0.05, 0.1) is 23.5 Å². The number of carboxylic acids is 1. The van der Waals surface area contributed by atoms with Crippen molar-refractivity contribution in [3.8, 4) is 0 Å². The fraction of sp³-hybridized carbons (Fsp3) is 0.462. The summed E-state index contributed by atoms with van der Waals surface area (Å²) in [4.78, 5) is 11.4. The minimum atomic E-state index is -3.35. The molecule has 0 saturated carbocycles. The number of benzene rings is 1. The van der Waals surface area contributed by atoms with Crippen molar-refractivity contribution in [2.45, 2.75) is 12.5 Å². The lowest BCUT2D eigenvalue weighted by molar-refractivity contribution is -0.144. The molecule has 0 amide bonds. The van der Waals surface area contributed by atoms with Crippen LogP contribution in [0.25, 0.3) is 0 Å². The van der Waals surface area contributed by atoms with E-state index in [-0.39, 0.29) is 17.9 Å². The van der Waals surface area contributed by atoms with E-state index in [0.717, 1.165) is 10.0 Å². The van der Waals surface area contributed by atoms with Crippen LogP contribution in [0.1, 0.15) is 5.56 Å². The zero-order valence-corrected chi connectivity index (χ0v) is 13.0. The normalized spacial score (nSPS) is 26.3. The first kappa shape index (κ1) is 15.5. The van der Waals surface area contributed by atoms with E-state index in [1.54, 1.807) is 18.2 Å². The standard InChI is InChI=1S/C13H15BrO5S/c14-9-3-1-2-8(4-9)5-10(13(16)17)11-6-20(18,19)7-12(11)15/h1-4,10-12,15H,5-7H2,(H,16,17). The Balaban J connectivity index is 2.22. The van der Waals surface area contributed by atoms with Crippen molar-refractivity contribution >= 4 is 31.7 Å². The predicted molar refractivity (Wildman–Crippen MR) is 77.1 cm³/mol. The zero-order chi connectivity index (χ0) is 14.9. The van der Waals surface area contributed by atoms with Gasteiger partial charge in [-0.3, -0.25) is 4.79 Å². The molecule has 3 unspecified atom stereocenters. The van der Waals surface area contributed by atoms with Crippen LogP contribution in [0, 0.1) is 11.8 Å². The number of hydrogen-bond donors (Lipinski definition) is 2. The Morgan fingerprint density at radius 2 is 2.10 bits per heavy atom. The smallest absolute Gasteiger partial charge is 0.307 e. The second-order valence-electron chi connectivity index (χ2n) is 5.09. The van der Waals surface area contributed by atoms with Crippen LogP contribution < -0.4 is 0 Å². The fourth-order valence-corrected chi connectivity index (χ4v) is 4.97. The Kier molecular flexibility index (Phi) is 4.51. The third-order valence-electron chi connectivity index (χ3n) is 3.54. The molecule has 2 rings (SSSR count). The SMILES string of the molecule is O=C(O)C(Cc1cccc(Br)c1)C1CS(=O)(=O)CC1O. The molecule has 1 aliphatic heterocycles. The molecule has 1 saturated heterocycles. The Hall–Kier alpha value is -0.920. The Labute approximate surface area is 125 Å². The number of aliphatic hydroxyl groups is 1. The largest absolute Gasteiger partial charge is 0.481 e. The highest BCUT2D eigenvalue weighted by molar-refractivity contribution is 9.10. The number of carbonyl (C=O) groups is 1. The van der Waals surface area contributed by atoms with Crippen molar-refractivity contribution in [1.82, 2.24) is 0 Å². The molecule has 0 aromatic heterocycles. The lowest BCUT2D eigenvalue weighted by Crippen LogP contribution is -2.33. The average Bonchev–Trinajstić information content (AvgIpc) is 2.59. The Morgan fingerprint density at radius 1 is 1.40 bits per heavy atom. The summed E-state index contributed by atoms with van der Waals surface area (Å²) < 4.78 is 23.9. The van der Waals surface area contributed by atoms with E-state index in [1.165, 1.54) is 0 Å². The highest BCUT2D eigenvalue weighted by atomic mass is 79.9. The number of halogens is 1. The summed E-state index contributed by atoms with van der Waals surface area (Å²) in [7, 11) is -3.35. The molecule has 3 atom stereocenters. The zero-order valence-electron chi connectivity index (χ0n) is 10.6. The summed E-state index contributed by atoms with van der Waals surface area (Å²) in [6, 6.07) is 7.20. The number of sulfone groups is 1. The molecule has 0 bridgehead atoms. The third-order valence-corrected chi connectivity index (χ3v) is 5.78. The number of hydrogen-bond acceptors (Lipinski definition) is 4. The Morgan fingerprint density at radius 3 is 2.60 bits per heavy atom. The van der Waals surface area contributed by atoms with Crippen LogP contribution in [0.2, 0.25) is 0 Å². The quantitative estimate of drug-likeness (QED) is 0.836. The minimum absolute atomic E-state index is 0.200. The van der Waals surface area contributed by atoms with Crippen LogP contribution in [0.15, 0.2) is 28.7 Å². The van der Waals surface area contributed by atoms with Gasteiger partial charge in [0.15, 0.2) is 9.84 Å². The van der Waals surface area contributed by atoms with Gasteiger partial charge in [-0.1, -0.05) is 28.1 Å². The van der Waals surface area contributed by atoms with E-state index in [9.17, 15) is 23.4 Å². The first-order valence-electron chi connectivity index (χ1n) is 6.14. The van der Waals surface area contributed by atoms with Crippen molar-refractivity contribution in [2.75, 3.05) is 11.5 Å². The summed E-state index contributed by atoms with van der Waals surface area (Å²) >= 11 is 3.31. The molecule has 2 N–H and O–H groups in total. The number of rotatable bonds is 4. The van der Waals surface area contributed by atoms with E-state index < -0.39 is 33.7 Å². The third kappa shape index (κ3) is 3.59. The molecule has 0 aliphatic carbocycles. The first-order valence-corrected chi connectivity index (χ1v) is 8.75. The van der Waals surface area contributed by atoms with Crippen molar-refractivity contribution in [3.05, 3.63) is 34.3 Å². The van der Waals surface area contributed by atoms with Gasteiger partial charge in [0.2, 0.25) is 0 Å². The molecule has 1 fully saturated rings. The summed E-state index contributed by atoms with van der Waals surface area (Å²) in [5, 5.41) is 19.2. The van der Waals surface area contributed by atoms with Crippen LogP contribution in [0.5, 0.6) is 0 Å². The summed E-state index contributed by atoms with van der Waals surface area (Å²) in [5.41, 5.74) is 0.795. The lowest BCUT2D eigenvalue weighted by atomic mass is 9.85. The Bertz CT molecular complexity index is 613. The summed E-state index contributed by atoms with van der Waals surface area (Å²) in [6.45, 7) is 0. The number of aliphatic carboxylic acids is 1. The number of carboxylic acid groups (broad SMARTS) is 1. The van der Waals surface area contributed by atoms with Crippen LogP contribution in [0.4, 0.5) is 0 Å². The summed E-state index contributed by atoms with van der Waals surface area (Å²) in [6.07, 6.45) is -0.903. The fourth-order valence-electron chi connectivity index (χ4n) is 2.58. The molecule has 1 heterocycles. The van der Waals surface area contributed by atoms with Gasteiger partial charge in [0.1, 0.15) is 0 Å². The van der Waals surface area contributed by atoms with Crippen molar-refractivity contribution in [3.63, 3.8) is 0 Å². The van der Waals surface area contributed by atoms with E-state index in [1.807, 2.05) is 6.07 Å². The average molecular weight is 363 g/mol. The van der Waals surface area contributed by atoms with Gasteiger partial charge >= 0.3 is 5.97 Å². The first-order chi connectivity index (χ1) is 9.28. The maximum atomic E-state index is 11.5. The minimum Gasteiger partial charge on any atom is -0.481 e. The maximum absolute atomic E-state index is 11.5. The van der Waals surface area contributed by atoms with Crippen molar-refractivity contribution < 1.29 is 23.4 Å². The van der Waals surface area contributed by atoms with E-state index in [2.05, 4.69) is 15.9 Å². The van der Waals surface area contributed by atoms with Gasteiger partial charge in [-0.15, -0.1) is 0 Å². The molecule has 1 aromatic rings. The van der Waals surface area contributed by atoms with Gasteiger partial charge in [-0.25, -0.2) is 8.42 Å². The molecule has 0 radical (unpaired) electrons. The van der Waals surface area contributed by atoms with Crippen LogP contribution >= 0.6 is 15.9 Å². The number of aliphatic hydroxyl groups excluding tert-OH is 1. The van der Waals surface area contributed by atoms with Gasteiger partial charge in [0.25, 0.3) is 0 Å². The van der Waals surface area contributed by atoms with Crippen LogP contribution in [-0.2, 0) is 21.1 Å². The molecule has 0 spiro atoms. The molecule has 20 heavy (non-hydrogen) atoms. The highest BCUT2D eigenvalue weighted by Crippen LogP contribution is 2.30. The molecule has 1 aliphatic rings. The molecule has 1 aromatic carbocycles. The van der Waals surface area contributed by atoms with Crippen LogP contribution in [0.3, 0.4) is 0 Å². The molecular weight excluding hydrogens is 348 g/mol. The van der Waals surface area contributed by atoms with E-state index in [4.69, 9.17) is 0 Å². The monoisotopic (exact) mass is 362 g/mol. The van der Waals surface area contributed by atoms with Gasteiger partial charge < -0.3 is 10.2 Å².